The number of benzene rings is 2. The van der Waals surface area contributed by atoms with Gasteiger partial charge in [0.1, 0.15) is 0 Å². The molecule has 0 aliphatic rings. The van der Waals surface area contributed by atoms with Crippen molar-refractivity contribution < 1.29 is 4.74 Å². The molecule has 0 saturated carbocycles. The second-order valence-electron chi connectivity index (χ2n) is 4.36. The van der Waals surface area contributed by atoms with Gasteiger partial charge in [0, 0.05) is 17.3 Å². The van der Waals surface area contributed by atoms with E-state index in [9.17, 15) is 0 Å². The maximum Gasteiger partial charge on any atom is 0.0797 e. The Morgan fingerprint density at radius 3 is 2.42 bits per heavy atom. The van der Waals surface area contributed by atoms with E-state index in [0.29, 0.717) is 6.61 Å². The van der Waals surface area contributed by atoms with E-state index < -0.39 is 0 Å². The average molecular weight is 276 g/mol. The van der Waals surface area contributed by atoms with Gasteiger partial charge >= 0.3 is 0 Å². The van der Waals surface area contributed by atoms with Gasteiger partial charge in [0.25, 0.3) is 0 Å². The SMILES string of the molecule is CC(OCCNc1ccc(Cl)cc1)c1ccccc1. The summed E-state index contributed by atoms with van der Waals surface area (Å²) in [5.74, 6) is 0. The van der Waals surface area contributed by atoms with Crippen molar-refractivity contribution in [3.8, 4) is 0 Å². The van der Waals surface area contributed by atoms with Gasteiger partial charge in [-0.05, 0) is 36.8 Å². The summed E-state index contributed by atoms with van der Waals surface area (Å²) in [5, 5.41) is 4.04. The lowest BCUT2D eigenvalue weighted by Crippen LogP contribution is -2.11. The molecule has 0 bridgehead atoms. The molecule has 2 nitrogen and oxygen atoms in total. The highest BCUT2D eigenvalue weighted by Gasteiger charge is 2.03. The Morgan fingerprint density at radius 2 is 1.74 bits per heavy atom. The van der Waals surface area contributed by atoms with Crippen molar-refractivity contribution in [2.24, 2.45) is 0 Å². The summed E-state index contributed by atoms with van der Waals surface area (Å²) >= 11 is 5.83. The average Bonchev–Trinajstić information content (AvgIpc) is 2.46. The first-order valence-corrected chi connectivity index (χ1v) is 6.79. The van der Waals surface area contributed by atoms with Crippen LogP contribution in [0.25, 0.3) is 0 Å². The van der Waals surface area contributed by atoms with Crippen LogP contribution in [0.3, 0.4) is 0 Å². The van der Waals surface area contributed by atoms with Crippen molar-refractivity contribution in [2.75, 3.05) is 18.5 Å². The molecule has 1 unspecified atom stereocenters. The predicted molar refractivity (Wildman–Crippen MR) is 80.8 cm³/mol. The Balaban J connectivity index is 1.71. The number of hydrogen-bond donors (Lipinski definition) is 1. The van der Waals surface area contributed by atoms with E-state index in [0.717, 1.165) is 17.3 Å². The van der Waals surface area contributed by atoms with Gasteiger partial charge < -0.3 is 10.1 Å². The van der Waals surface area contributed by atoms with E-state index in [4.69, 9.17) is 16.3 Å². The van der Waals surface area contributed by atoms with Crippen LogP contribution in [-0.4, -0.2) is 13.2 Å². The number of hydrogen-bond acceptors (Lipinski definition) is 2. The Hall–Kier alpha value is -1.51. The summed E-state index contributed by atoms with van der Waals surface area (Å²) in [7, 11) is 0. The molecule has 0 fully saturated rings. The lowest BCUT2D eigenvalue weighted by Gasteiger charge is -2.14. The van der Waals surface area contributed by atoms with E-state index in [1.807, 2.05) is 42.5 Å². The number of nitrogens with one attached hydrogen (secondary N) is 1. The molecule has 0 radical (unpaired) electrons. The van der Waals surface area contributed by atoms with Gasteiger partial charge in [-0.15, -0.1) is 0 Å². The Morgan fingerprint density at radius 1 is 1.05 bits per heavy atom. The number of anilines is 1. The first kappa shape index (κ1) is 13.9. The summed E-state index contributed by atoms with van der Waals surface area (Å²) in [6, 6.07) is 17.9. The quantitative estimate of drug-likeness (QED) is 0.782. The molecule has 0 spiro atoms. The second-order valence-corrected chi connectivity index (χ2v) is 4.79. The van der Waals surface area contributed by atoms with Crippen LogP contribution in [0.4, 0.5) is 5.69 Å². The van der Waals surface area contributed by atoms with Crippen LogP contribution in [0.2, 0.25) is 5.02 Å². The van der Waals surface area contributed by atoms with Crippen LogP contribution in [0, 0.1) is 0 Å². The molecule has 0 aliphatic heterocycles. The minimum Gasteiger partial charge on any atom is -0.383 e. The molecule has 1 N–H and O–H groups in total. The molecule has 0 aliphatic carbocycles. The molecule has 1 atom stereocenters. The highest BCUT2D eigenvalue weighted by atomic mass is 35.5. The first-order valence-electron chi connectivity index (χ1n) is 6.41. The van der Waals surface area contributed by atoms with E-state index in [2.05, 4.69) is 24.4 Å². The fourth-order valence-electron chi connectivity index (χ4n) is 1.82. The van der Waals surface area contributed by atoms with Gasteiger partial charge in [-0.25, -0.2) is 0 Å². The second kappa shape index (κ2) is 7.17. The van der Waals surface area contributed by atoms with E-state index in [1.165, 1.54) is 5.56 Å². The van der Waals surface area contributed by atoms with Crippen molar-refractivity contribution in [1.82, 2.24) is 0 Å². The molecule has 2 rings (SSSR count). The molecule has 2 aromatic carbocycles. The summed E-state index contributed by atoms with van der Waals surface area (Å²) in [6.07, 6.45) is 0.119. The van der Waals surface area contributed by atoms with Crippen LogP contribution in [0.1, 0.15) is 18.6 Å². The zero-order valence-corrected chi connectivity index (χ0v) is 11.7. The largest absolute Gasteiger partial charge is 0.383 e. The van der Waals surface area contributed by atoms with Gasteiger partial charge in [0.2, 0.25) is 0 Å². The van der Waals surface area contributed by atoms with Crippen LogP contribution >= 0.6 is 11.6 Å². The Bertz CT molecular complexity index is 484. The number of halogens is 1. The maximum atomic E-state index is 5.83. The molecule has 0 saturated heterocycles. The third kappa shape index (κ3) is 4.58. The summed E-state index contributed by atoms with van der Waals surface area (Å²) in [6.45, 7) is 3.51. The van der Waals surface area contributed by atoms with Crippen molar-refractivity contribution in [3.05, 3.63) is 65.2 Å². The summed E-state index contributed by atoms with van der Waals surface area (Å²) in [4.78, 5) is 0. The van der Waals surface area contributed by atoms with Crippen LogP contribution in [0.15, 0.2) is 54.6 Å². The highest BCUT2D eigenvalue weighted by Crippen LogP contribution is 2.16. The molecule has 0 aromatic heterocycles. The predicted octanol–water partition coefficient (Wildman–Crippen LogP) is 4.53. The van der Waals surface area contributed by atoms with Gasteiger partial charge in [-0.3, -0.25) is 0 Å². The maximum absolute atomic E-state index is 5.83. The van der Waals surface area contributed by atoms with E-state index in [-0.39, 0.29) is 6.10 Å². The minimum atomic E-state index is 0.119. The molecule has 100 valence electrons. The van der Waals surface area contributed by atoms with E-state index >= 15 is 0 Å². The third-order valence-electron chi connectivity index (χ3n) is 2.91. The van der Waals surface area contributed by atoms with Crippen molar-refractivity contribution in [3.63, 3.8) is 0 Å². The third-order valence-corrected chi connectivity index (χ3v) is 3.16. The number of rotatable bonds is 6. The molecule has 0 amide bonds. The molecule has 3 heteroatoms. The Kier molecular flexibility index (Phi) is 5.25. The number of ether oxygens (including phenoxy) is 1. The lowest BCUT2D eigenvalue weighted by atomic mass is 10.1. The van der Waals surface area contributed by atoms with E-state index in [1.54, 1.807) is 0 Å². The molecule has 2 aromatic rings. The van der Waals surface area contributed by atoms with Crippen molar-refractivity contribution >= 4 is 17.3 Å². The van der Waals surface area contributed by atoms with Crippen LogP contribution in [0.5, 0.6) is 0 Å². The minimum absolute atomic E-state index is 0.119. The normalized spacial score (nSPS) is 12.1. The lowest BCUT2D eigenvalue weighted by molar-refractivity contribution is 0.0736. The summed E-state index contributed by atoms with van der Waals surface area (Å²) < 4.78 is 5.78. The zero-order valence-electron chi connectivity index (χ0n) is 11.0. The first-order chi connectivity index (χ1) is 9.25. The molecular formula is C16H18ClNO. The van der Waals surface area contributed by atoms with Gasteiger partial charge in [-0.2, -0.15) is 0 Å². The zero-order chi connectivity index (χ0) is 13.5. The fourth-order valence-corrected chi connectivity index (χ4v) is 1.95. The topological polar surface area (TPSA) is 21.3 Å². The Labute approximate surface area is 119 Å². The molecular weight excluding hydrogens is 258 g/mol. The highest BCUT2D eigenvalue weighted by molar-refractivity contribution is 6.30. The fraction of sp³-hybridized carbons (Fsp3) is 0.250. The monoisotopic (exact) mass is 275 g/mol. The van der Waals surface area contributed by atoms with Gasteiger partial charge in [0.15, 0.2) is 0 Å². The summed E-state index contributed by atoms with van der Waals surface area (Å²) in [5.41, 5.74) is 2.26. The van der Waals surface area contributed by atoms with Crippen molar-refractivity contribution in [2.45, 2.75) is 13.0 Å². The van der Waals surface area contributed by atoms with Crippen LogP contribution in [-0.2, 0) is 4.74 Å². The van der Waals surface area contributed by atoms with Gasteiger partial charge in [-0.1, -0.05) is 41.9 Å². The van der Waals surface area contributed by atoms with Crippen molar-refractivity contribution in [1.29, 1.82) is 0 Å². The molecule has 0 heterocycles. The molecule has 19 heavy (non-hydrogen) atoms. The van der Waals surface area contributed by atoms with Crippen LogP contribution < -0.4 is 5.32 Å². The van der Waals surface area contributed by atoms with Gasteiger partial charge in [0.05, 0.1) is 12.7 Å². The standard InChI is InChI=1S/C16H18ClNO/c1-13(14-5-3-2-4-6-14)19-12-11-18-16-9-7-15(17)8-10-16/h2-10,13,18H,11-12H2,1H3. The smallest absolute Gasteiger partial charge is 0.0797 e.